The molecule has 1 rings (SSSR count). The fourth-order valence-corrected chi connectivity index (χ4v) is 0.554. The van der Waals surface area contributed by atoms with Gasteiger partial charge in [0.15, 0.2) is 0 Å². The van der Waals surface area contributed by atoms with E-state index in [-0.39, 0.29) is 0 Å². The number of hydrogen-bond donors (Lipinski definition) is 3. The van der Waals surface area contributed by atoms with Crippen molar-refractivity contribution in [2.45, 2.75) is 13.8 Å². The van der Waals surface area contributed by atoms with Crippen LogP contribution in [0.4, 0.5) is 0 Å². The van der Waals surface area contributed by atoms with Crippen LogP contribution in [0.2, 0.25) is 0 Å². The van der Waals surface area contributed by atoms with Crippen molar-refractivity contribution in [2.24, 2.45) is 0 Å². The lowest BCUT2D eigenvalue weighted by Gasteiger charge is -1.68. The highest BCUT2D eigenvalue weighted by Crippen LogP contribution is 1.92. The molecule has 1 heterocycles. The number of aromatic amines is 1. The fourth-order valence-electron chi connectivity index (χ4n) is 0.554. The van der Waals surface area contributed by atoms with Gasteiger partial charge in [-0.25, -0.2) is 0 Å². The van der Waals surface area contributed by atoms with Crippen molar-refractivity contribution >= 4 is 10.4 Å². The summed E-state index contributed by atoms with van der Waals surface area (Å²) in [6.07, 6.45) is 0. The third-order valence-electron chi connectivity index (χ3n) is 0.834. The Kier molecular flexibility index (Phi) is 3.87. The highest BCUT2D eigenvalue weighted by atomic mass is 32.3. The summed E-state index contributed by atoms with van der Waals surface area (Å²) in [7, 11) is -4.67. The lowest BCUT2D eigenvalue weighted by molar-refractivity contribution is 0.381. The van der Waals surface area contributed by atoms with Crippen LogP contribution in [0.1, 0.15) is 11.4 Å². The van der Waals surface area contributed by atoms with Gasteiger partial charge in [-0.2, -0.15) is 13.5 Å². The van der Waals surface area contributed by atoms with Gasteiger partial charge in [-0.15, -0.1) is 0 Å². The van der Waals surface area contributed by atoms with Crippen LogP contribution in [0.5, 0.6) is 0 Å². The standard InChI is InChI=1S/C5H8N2.H2O4S/c1-4-3-5(2)7-6-4;1-5(2,3)4/h3H,1-2H3,(H,6,7);(H2,1,2,3,4). The molecular weight excluding hydrogens is 184 g/mol. The van der Waals surface area contributed by atoms with Crippen LogP contribution < -0.4 is 0 Å². The number of aromatic nitrogens is 2. The summed E-state index contributed by atoms with van der Waals surface area (Å²) in [6.45, 7) is 3.95. The van der Waals surface area contributed by atoms with Crippen molar-refractivity contribution in [2.75, 3.05) is 0 Å². The molecule has 70 valence electrons. The molecule has 1 aromatic rings. The molecule has 6 nitrogen and oxygen atoms in total. The predicted octanol–water partition coefficient (Wildman–Crippen LogP) is 0.374. The largest absolute Gasteiger partial charge is 0.394 e. The van der Waals surface area contributed by atoms with Crippen molar-refractivity contribution in [1.29, 1.82) is 0 Å². The lowest BCUT2D eigenvalue weighted by Crippen LogP contribution is -1.89. The van der Waals surface area contributed by atoms with E-state index in [0.29, 0.717) is 0 Å². The van der Waals surface area contributed by atoms with Gasteiger partial charge >= 0.3 is 10.4 Å². The SMILES string of the molecule is Cc1cc(C)[nH]n1.O=S(=O)(O)O. The van der Waals surface area contributed by atoms with Gasteiger partial charge in [0.05, 0.1) is 5.69 Å². The second kappa shape index (κ2) is 4.19. The Labute approximate surface area is 70.2 Å². The molecule has 0 spiro atoms. The molecule has 3 N–H and O–H groups in total. The van der Waals surface area contributed by atoms with Crippen molar-refractivity contribution in [1.82, 2.24) is 10.2 Å². The van der Waals surface area contributed by atoms with Crippen LogP contribution in [-0.2, 0) is 10.4 Å². The van der Waals surface area contributed by atoms with E-state index >= 15 is 0 Å². The molecule has 0 aliphatic rings. The lowest BCUT2D eigenvalue weighted by atomic mass is 10.4. The molecule has 0 aliphatic carbocycles. The molecule has 0 aromatic carbocycles. The maximum absolute atomic E-state index is 8.74. The van der Waals surface area contributed by atoms with Crippen molar-refractivity contribution in [3.63, 3.8) is 0 Å². The topological polar surface area (TPSA) is 103 Å². The third-order valence-corrected chi connectivity index (χ3v) is 0.834. The molecule has 0 aliphatic heterocycles. The molecule has 1 aromatic heterocycles. The first-order chi connectivity index (χ1) is 5.29. The molecule has 0 amide bonds. The number of nitrogens with one attached hydrogen (secondary N) is 1. The first-order valence-electron chi connectivity index (χ1n) is 2.97. The maximum Gasteiger partial charge on any atom is 0.394 e. The Bertz CT molecular complexity index is 304. The Morgan fingerprint density at radius 3 is 1.92 bits per heavy atom. The van der Waals surface area contributed by atoms with Gasteiger partial charge in [-0.3, -0.25) is 14.2 Å². The number of rotatable bonds is 0. The van der Waals surface area contributed by atoms with E-state index in [9.17, 15) is 0 Å². The summed E-state index contributed by atoms with van der Waals surface area (Å²) >= 11 is 0. The maximum atomic E-state index is 8.74. The van der Waals surface area contributed by atoms with E-state index in [4.69, 9.17) is 17.5 Å². The molecule has 0 atom stereocenters. The van der Waals surface area contributed by atoms with E-state index in [1.165, 1.54) is 0 Å². The summed E-state index contributed by atoms with van der Waals surface area (Å²) in [6, 6.07) is 2.00. The van der Waals surface area contributed by atoms with Gasteiger partial charge in [0.25, 0.3) is 0 Å². The molecule has 0 saturated carbocycles. The van der Waals surface area contributed by atoms with Crippen molar-refractivity contribution in [3.8, 4) is 0 Å². The van der Waals surface area contributed by atoms with E-state index in [1.54, 1.807) is 0 Å². The average Bonchev–Trinajstić information content (AvgIpc) is 2.09. The van der Waals surface area contributed by atoms with Crippen LogP contribution in [0.3, 0.4) is 0 Å². The zero-order valence-electron chi connectivity index (χ0n) is 6.64. The van der Waals surface area contributed by atoms with Crippen molar-refractivity contribution < 1.29 is 17.5 Å². The highest BCUT2D eigenvalue weighted by Gasteiger charge is 1.85. The number of hydrogen-bond acceptors (Lipinski definition) is 3. The minimum Gasteiger partial charge on any atom is -0.283 e. The molecule has 7 heteroatoms. The second-order valence-corrected chi connectivity index (χ2v) is 3.04. The summed E-state index contributed by atoms with van der Waals surface area (Å²) in [5.74, 6) is 0. The average molecular weight is 194 g/mol. The summed E-state index contributed by atoms with van der Waals surface area (Å²) in [4.78, 5) is 0. The minimum absolute atomic E-state index is 1.05. The molecular formula is C5H10N2O4S. The number of aryl methyl sites for hydroxylation is 2. The number of nitrogens with zero attached hydrogens (tertiary/aromatic N) is 1. The molecule has 0 unspecified atom stereocenters. The van der Waals surface area contributed by atoms with E-state index in [2.05, 4.69) is 10.2 Å². The molecule has 12 heavy (non-hydrogen) atoms. The number of H-pyrrole nitrogens is 1. The third kappa shape index (κ3) is 9.08. The van der Waals surface area contributed by atoms with Crippen LogP contribution in [0, 0.1) is 13.8 Å². The van der Waals surface area contributed by atoms with Gasteiger partial charge in [-0.1, -0.05) is 0 Å². The van der Waals surface area contributed by atoms with E-state index in [0.717, 1.165) is 11.4 Å². The monoisotopic (exact) mass is 194 g/mol. The Morgan fingerprint density at radius 1 is 1.42 bits per heavy atom. The van der Waals surface area contributed by atoms with Gasteiger partial charge in [-0.05, 0) is 19.9 Å². The Balaban J connectivity index is 0.000000217. The molecule has 0 bridgehead atoms. The first-order valence-corrected chi connectivity index (χ1v) is 4.37. The van der Waals surface area contributed by atoms with E-state index in [1.807, 2.05) is 19.9 Å². The zero-order valence-corrected chi connectivity index (χ0v) is 7.46. The first kappa shape index (κ1) is 11.1. The Morgan fingerprint density at radius 2 is 1.83 bits per heavy atom. The summed E-state index contributed by atoms with van der Waals surface area (Å²) in [5, 5.41) is 6.71. The normalized spacial score (nSPS) is 10.3. The predicted molar refractivity (Wildman–Crippen MR) is 42.2 cm³/mol. The zero-order chi connectivity index (χ0) is 9.78. The second-order valence-electron chi connectivity index (χ2n) is 2.14. The van der Waals surface area contributed by atoms with Crippen LogP contribution in [0.25, 0.3) is 0 Å². The highest BCUT2D eigenvalue weighted by molar-refractivity contribution is 7.79. The summed E-state index contributed by atoms with van der Waals surface area (Å²) in [5.41, 5.74) is 2.18. The summed E-state index contributed by atoms with van der Waals surface area (Å²) < 4.78 is 31.6. The van der Waals surface area contributed by atoms with Gasteiger partial charge in [0.2, 0.25) is 0 Å². The minimum atomic E-state index is -4.67. The molecule has 0 radical (unpaired) electrons. The fraction of sp³-hybridized carbons (Fsp3) is 0.400. The van der Waals surface area contributed by atoms with Crippen LogP contribution in [0.15, 0.2) is 6.07 Å². The molecule has 0 fully saturated rings. The molecule has 0 saturated heterocycles. The van der Waals surface area contributed by atoms with Crippen molar-refractivity contribution in [3.05, 3.63) is 17.5 Å². The van der Waals surface area contributed by atoms with Crippen LogP contribution >= 0.6 is 0 Å². The smallest absolute Gasteiger partial charge is 0.283 e. The van der Waals surface area contributed by atoms with Gasteiger partial charge < -0.3 is 0 Å². The van der Waals surface area contributed by atoms with E-state index < -0.39 is 10.4 Å². The van der Waals surface area contributed by atoms with Crippen LogP contribution in [-0.4, -0.2) is 27.7 Å². The Hall–Kier alpha value is -0.920. The quantitative estimate of drug-likeness (QED) is 0.518. The van der Waals surface area contributed by atoms with Gasteiger partial charge in [0.1, 0.15) is 0 Å². The van der Waals surface area contributed by atoms with Gasteiger partial charge in [0, 0.05) is 5.69 Å².